The van der Waals surface area contributed by atoms with Crippen molar-refractivity contribution < 1.29 is 4.79 Å². The van der Waals surface area contributed by atoms with Crippen molar-refractivity contribution in [2.45, 2.75) is 32.2 Å². The quantitative estimate of drug-likeness (QED) is 0.745. The number of hydrogen-bond acceptors (Lipinski definition) is 3. The number of carbonyl (C=O) groups is 1. The second kappa shape index (κ2) is 6.21. The van der Waals surface area contributed by atoms with Gasteiger partial charge in [0.15, 0.2) is 0 Å². The van der Waals surface area contributed by atoms with Gasteiger partial charge in [0.1, 0.15) is 0 Å². The molecule has 4 heteroatoms. The highest BCUT2D eigenvalue weighted by atomic mass is 16.2. The van der Waals surface area contributed by atoms with E-state index in [0.717, 1.165) is 26.1 Å². The van der Waals surface area contributed by atoms with Gasteiger partial charge in [-0.2, -0.15) is 0 Å². The summed E-state index contributed by atoms with van der Waals surface area (Å²) in [5.41, 5.74) is 5.89. The molecular weight excluding hydrogens is 202 g/mol. The average molecular weight is 227 g/mol. The SMILES string of the molecule is CC(N)C1CCN(CCCC(=O)N(C)C)C1. The minimum Gasteiger partial charge on any atom is -0.349 e. The molecule has 16 heavy (non-hydrogen) atoms. The van der Waals surface area contributed by atoms with Crippen molar-refractivity contribution in [2.24, 2.45) is 11.7 Å². The zero-order valence-electron chi connectivity index (χ0n) is 10.8. The van der Waals surface area contributed by atoms with Crippen LogP contribution < -0.4 is 5.73 Å². The van der Waals surface area contributed by atoms with Crippen LogP contribution in [-0.2, 0) is 4.79 Å². The molecule has 0 aromatic heterocycles. The third kappa shape index (κ3) is 4.10. The van der Waals surface area contributed by atoms with Gasteiger partial charge in [0, 0.05) is 33.1 Å². The molecule has 2 unspecified atom stereocenters. The van der Waals surface area contributed by atoms with Gasteiger partial charge in [0.25, 0.3) is 0 Å². The Balaban J connectivity index is 2.13. The van der Waals surface area contributed by atoms with Crippen LogP contribution in [0, 0.1) is 5.92 Å². The van der Waals surface area contributed by atoms with Crippen LogP contribution in [0.3, 0.4) is 0 Å². The molecule has 2 atom stereocenters. The Morgan fingerprint density at radius 2 is 2.25 bits per heavy atom. The predicted molar refractivity (Wildman–Crippen MR) is 66.1 cm³/mol. The maximum absolute atomic E-state index is 11.4. The van der Waals surface area contributed by atoms with Gasteiger partial charge in [0.05, 0.1) is 0 Å². The zero-order chi connectivity index (χ0) is 12.1. The molecular formula is C12H25N3O. The Labute approximate surface area is 98.8 Å². The lowest BCUT2D eigenvalue weighted by atomic mass is 10.0. The van der Waals surface area contributed by atoms with E-state index in [1.54, 1.807) is 4.90 Å². The standard InChI is InChI=1S/C12H25N3O/c1-10(13)11-6-8-15(9-11)7-4-5-12(16)14(2)3/h10-11H,4-9,13H2,1-3H3. The van der Waals surface area contributed by atoms with Crippen molar-refractivity contribution in [1.82, 2.24) is 9.80 Å². The third-order valence-corrected chi connectivity index (χ3v) is 3.42. The van der Waals surface area contributed by atoms with Crippen LogP contribution in [0.15, 0.2) is 0 Å². The summed E-state index contributed by atoms with van der Waals surface area (Å²) < 4.78 is 0. The second-order valence-corrected chi connectivity index (χ2v) is 5.10. The normalized spacial score (nSPS) is 23.4. The van der Waals surface area contributed by atoms with Crippen molar-refractivity contribution >= 4 is 5.91 Å². The van der Waals surface area contributed by atoms with Crippen molar-refractivity contribution in [3.63, 3.8) is 0 Å². The fourth-order valence-corrected chi connectivity index (χ4v) is 2.17. The summed E-state index contributed by atoms with van der Waals surface area (Å²) in [5, 5.41) is 0. The number of hydrogen-bond donors (Lipinski definition) is 1. The molecule has 1 aliphatic heterocycles. The van der Waals surface area contributed by atoms with E-state index in [2.05, 4.69) is 11.8 Å². The molecule has 1 amide bonds. The highest BCUT2D eigenvalue weighted by Gasteiger charge is 2.24. The van der Waals surface area contributed by atoms with Gasteiger partial charge < -0.3 is 15.5 Å². The molecule has 1 heterocycles. The second-order valence-electron chi connectivity index (χ2n) is 5.10. The first kappa shape index (κ1) is 13.5. The van der Waals surface area contributed by atoms with Crippen LogP contribution in [0.2, 0.25) is 0 Å². The summed E-state index contributed by atoms with van der Waals surface area (Å²) in [7, 11) is 3.62. The number of nitrogens with zero attached hydrogens (tertiary/aromatic N) is 2. The van der Waals surface area contributed by atoms with Gasteiger partial charge in [-0.25, -0.2) is 0 Å². The van der Waals surface area contributed by atoms with E-state index in [9.17, 15) is 4.79 Å². The van der Waals surface area contributed by atoms with E-state index in [-0.39, 0.29) is 5.91 Å². The van der Waals surface area contributed by atoms with E-state index in [1.165, 1.54) is 6.42 Å². The van der Waals surface area contributed by atoms with Crippen molar-refractivity contribution in [3.05, 3.63) is 0 Å². The fourth-order valence-electron chi connectivity index (χ4n) is 2.17. The van der Waals surface area contributed by atoms with Gasteiger partial charge in [-0.05, 0) is 38.8 Å². The van der Waals surface area contributed by atoms with Crippen molar-refractivity contribution in [3.8, 4) is 0 Å². The summed E-state index contributed by atoms with van der Waals surface area (Å²) in [6.07, 6.45) is 2.83. The highest BCUT2D eigenvalue weighted by molar-refractivity contribution is 5.75. The van der Waals surface area contributed by atoms with Crippen LogP contribution in [0.5, 0.6) is 0 Å². The van der Waals surface area contributed by atoms with E-state index >= 15 is 0 Å². The highest BCUT2D eigenvalue weighted by Crippen LogP contribution is 2.18. The van der Waals surface area contributed by atoms with Gasteiger partial charge in [-0.15, -0.1) is 0 Å². The summed E-state index contributed by atoms with van der Waals surface area (Å²) in [5.74, 6) is 0.868. The van der Waals surface area contributed by atoms with Crippen molar-refractivity contribution in [2.75, 3.05) is 33.7 Å². The van der Waals surface area contributed by atoms with Crippen LogP contribution >= 0.6 is 0 Å². The molecule has 1 rings (SSSR count). The molecule has 0 aliphatic carbocycles. The van der Waals surface area contributed by atoms with E-state index in [0.29, 0.717) is 18.4 Å². The molecule has 4 nitrogen and oxygen atoms in total. The first-order valence-electron chi connectivity index (χ1n) is 6.18. The van der Waals surface area contributed by atoms with Crippen LogP contribution in [0.25, 0.3) is 0 Å². The monoisotopic (exact) mass is 227 g/mol. The summed E-state index contributed by atoms with van der Waals surface area (Å²) in [4.78, 5) is 15.5. The molecule has 1 fully saturated rings. The van der Waals surface area contributed by atoms with Gasteiger partial charge in [0.2, 0.25) is 5.91 Å². The zero-order valence-corrected chi connectivity index (χ0v) is 10.8. The lowest BCUT2D eigenvalue weighted by Crippen LogP contribution is -2.30. The number of rotatable bonds is 5. The molecule has 1 saturated heterocycles. The Kier molecular flexibility index (Phi) is 5.22. The molecule has 0 spiro atoms. The molecule has 0 aromatic rings. The molecule has 94 valence electrons. The maximum atomic E-state index is 11.4. The molecule has 2 N–H and O–H groups in total. The van der Waals surface area contributed by atoms with E-state index in [1.807, 2.05) is 14.1 Å². The van der Waals surface area contributed by atoms with E-state index in [4.69, 9.17) is 5.73 Å². The Bertz CT molecular complexity index is 228. The number of nitrogens with two attached hydrogens (primary N) is 1. The smallest absolute Gasteiger partial charge is 0.222 e. The molecule has 0 saturated carbocycles. The minimum atomic E-state index is 0.225. The lowest BCUT2D eigenvalue weighted by Gasteiger charge is -2.18. The van der Waals surface area contributed by atoms with E-state index < -0.39 is 0 Å². The van der Waals surface area contributed by atoms with Crippen LogP contribution in [0.4, 0.5) is 0 Å². The Morgan fingerprint density at radius 3 is 2.75 bits per heavy atom. The summed E-state index contributed by atoms with van der Waals surface area (Å²) >= 11 is 0. The van der Waals surface area contributed by atoms with Gasteiger partial charge in [-0.3, -0.25) is 4.79 Å². The molecule has 0 radical (unpaired) electrons. The topological polar surface area (TPSA) is 49.6 Å². The van der Waals surface area contributed by atoms with Crippen LogP contribution in [-0.4, -0.2) is 55.5 Å². The number of carbonyl (C=O) groups excluding carboxylic acids is 1. The summed E-state index contributed by atoms with van der Waals surface area (Å²) in [6.45, 7) is 5.36. The first-order chi connectivity index (χ1) is 7.50. The molecule has 0 bridgehead atoms. The van der Waals surface area contributed by atoms with Gasteiger partial charge >= 0.3 is 0 Å². The van der Waals surface area contributed by atoms with Crippen molar-refractivity contribution in [1.29, 1.82) is 0 Å². The Morgan fingerprint density at radius 1 is 1.56 bits per heavy atom. The summed E-state index contributed by atoms with van der Waals surface area (Å²) in [6, 6.07) is 0.299. The number of likely N-dealkylation sites (tertiary alicyclic amines) is 1. The molecule has 0 aromatic carbocycles. The lowest BCUT2D eigenvalue weighted by molar-refractivity contribution is -0.128. The Hall–Kier alpha value is -0.610. The number of amides is 1. The minimum absolute atomic E-state index is 0.225. The van der Waals surface area contributed by atoms with Gasteiger partial charge in [-0.1, -0.05) is 0 Å². The van der Waals surface area contributed by atoms with Crippen LogP contribution in [0.1, 0.15) is 26.2 Å². The largest absolute Gasteiger partial charge is 0.349 e. The fraction of sp³-hybridized carbons (Fsp3) is 0.917. The first-order valence-corrected chi connectivity index (χ1v) is 6.18. The molecule has 1 aliphatic rings. The predicted octanol–water partition coefficient (Wildman–Crippen LogP) is 0.524. The third-order valence-electron chi connectivity index (χ3n) is 3.42. The maximum Gasteiger partial charge on any atom is 0.222 e. The average Bonchev–Trinajstić information content (AvgIpc) is 2.66.